The van der Waals surface area contributed by atoms with Crippen molar-refractivity contribution < 1.29 is 14.0 Å². The molecule has 1 aliphatic heterocycles. The van der Waals surface area contributed by atoms with Gasteiger partial charge in [0.1, 0.15) is 24.0 Å². The predicted molar refractivity (Wildman–Crippen MR) is 88.5 cm³/mol. The molecule has 1 atom stereocenters. The van der Waals surface area contributed by atoms with E-state index < -0.39 is 0 Å². The Bertz CT molecular complexity index is 807. The molecule has 1 aromatic carbocycles. The van der Waals surface area contributed by atoms with E-state index in [9.17, 15) is 4.79 Å². The summed E-state index contributed by atoms with van der Waals surface area (Å²) in [5.41, 5.74) is 5.84. The first-order valence-corrected chi connectivity index (χ1v) is 7.87. The van der Waals surface area contributed by atoms with Crippen LogP contribution in [-0.2, 0) is 4.84 Å². The van der Waals surface area contributed by atoms with Gasteiger partial charge in [0.2, 0.25) is 0 Å². The van der Waals surface area contributed by atoms with Crippen molar-refractivity contribution >= 4 is 11.0 Å². The molecule has 2 heterocycles. The number of hydrogen-bond acceptors (Lipinski definition) is 5. The molecule has 23 heavy (non-hydrogen) atoms. The average molecular weight is 315 g/mol. The Morgan fingerprint density at radius 3 is 2.87 bits per heavy atom. The maximum atomic E-state index is 11.8. The molecule has 0 spiro atoms. The number of fused-ring (bicyclic) bond motifs is 1. The SMILES string of the molecule is CCCC1=CC(COc2ccc3c(C)c(C)c(=O)oc3c2)ON1. The van der Waals surface area contributed by atoms with E-state index in [1.54, 1.807) is 13.0 Å². The molecule has 1 aromatic heterocycles. The molecule has 0 bridgehead atoms. The molecule has 5 nitrogen and oxygen atoms in total. The van der Waals surface area contributed by atoms with Gasteiger partial charge in [-0.25, -0.2) is 4.79 Å². The second-order valence-corrected chi connectivity index (χ2v) is 5.81. The monoisotopic (exact) mass is 315 g/mol. The average Bonchev–Trinajstić information content (AvgIpc) is 2.98. The van der Waals surface area contributed by atoms with Gasteiger partial charge in [0.25, 0.3) is 0 Å². The van der Waals surface area contributed by atoms with Gasteiger partial charge in [-0.15, -0.1) is 0 Å². The van der Waals surface area contributed by atoms with Crippen LogP contribution < -0.4 is 15.8 Å². The number of allylic oxidation sites excluding steroid dienone is 1. The highest BCUT2D eigenvalue weighted by Gasteiger charge is 2.16. The van der Waals surface area contributed by atoms with Crippen LogP contribution in [0.2, 0.25) is 0 Å². The van der Waals surface area contributed by atoms with Gasteiger partial charge < -0.3 is 9.15 Å². The predicted octanol–water partition coefficient (Wildman–Crippen LogP) is 3.38. The van der Waals surface area contributed by atoms with Gasteiger partial charge in [0.15, 0.2) is 0 Å². The first kappa shape index (κ1) is 15.6. The molecule has 0 amide bonds. The van der Waals surface area contributed by atoms with E-state index in [4.69, 9.17) is 14.0 Å². The Labute approximate surface area is 134 Å². The molecule has 122 valence electrons. The van der Waals surface area contributed by atoms with Crippen molar-refractivity contribution in [2.45, 2.75) is 39.7 Å². The zero-order chi connectivity index (χ0) is 16.4. The largest absolute Gasteiger partial charge is 0.490 e. The van der Waals surface area contributed by atoms with Gasteiger partial charge in [0.05, 0.1) is 0 Å². The number of ether oxygens (including phenoxy) is 1. The van der Waals surface area contributed by atoms with Crippen molar-refractivity contribution in [1.29, 1.82) is 0 Å². The minimum Gasteiger partial charge on any atom is -0.490 e. The van der Waals surface area contributed by atoms with E-state index in [2.05, 4.69) is 12.4 Å². The van der Waals surface area contributed by atoms with Crippen molar-refractivity contribution in [3.05, 3.63) is 51.5 Å². The van der Waals surface area contributed by atoms with Crippen molar-refractivity contribution in [3.63, 3.8) is 0 Å². The Kier molecular flexibility index (Phi) is 4.39. The van der Waals surface area contributed by atoms with Gasteiger partial charge in [0, 0.05) is 22.7 Å². The highest BCUT2D eigenvalue weighted by Crippen LogP contribution is 2.24. The third-order valence-electron chi connectivity index (χ3n) is 4.09. The van der Waals surface area contributed by atoms with Crippen molar-refractivity contribution in [2.24, 2.45) is 0 Å². The number of benzene rings is 1. The lowest BCUT2D eigenvalue weighted by Gasteiger charge is -2.11. The van der Waals surface area contributed by atoms with E-state index in [0.717, 1.165) is 29.5 Å². The Balaban J connectivity index is 1.74. The first-order valence-electron chi connectivity index (χ1n) is 7.87. The van der Waals surface area contributed by atoms with E-state index in [1.165, 1.54) is 0 Å². The maximum absolute atomic E-state index is 11.8. The highest BCUT2D eigenvalue weighted by molar-refractivity contribution is 5.82. The fraction of sp³-hybridized carbons (Fsp3) is 0.389. The lowest BCUT2D eigenvalue weighted by atomic mass is 10.1. The number of hydroxylamine groups is 1. The Hall–Kier alpha value is -2.27. The van der Waals surface area contributed by atoms with Crippen LogP contribution in [0.5, 0.6) is 5.75 Å². The molecule has 3 rings (SSSR count). The Morgan fingerprint density at radius 2 is 2.09 bits per heavy atom. The van der Waals surface area contributed by atoms with Gasteiger partial charge in [-0.1, -0.05) is 13.3 Å². The first-order chi connectivity index (χ1) is 11.1. The van der Waals surface area contributed by atoms with Crippen LogP contribution in [0.1, 0.15) is 30.9 Å². The normalized spacial score (nSPS) is 17.2. The summed E-state index contributed by atoms with van der Waals surface area (Å²) < 4.78 is 11.1. The minimum absolute atomic E-state index is 0.112. The number of rotatable bonds is 5. The summed E-state index contributed by atoms with van der Waals surface area (Å²) in [5.74, 6) is 0.657. The fourth-order valence-corrected chi connectivity index (χ4v) is 2.63. The minimum atomic E-state index is -0.303. The highest BCUT2D eigenvalue weighted by atomic mass is 16.7. The molecule has 0 saturated heterocycles. The van der Waals surface area contributed by atoms with Crippen LogP contribution in [0.15, 0.2) is 39.2 Å². The van der Waals surface area contributed by atoms with Crippen LogP contribution in [0, 0.1) is 13.8 Å². The summed E-state index contributed by atoms with van der Waals surface area (Å²) in [4.78, 5) is 17.2. The maximum Gasteiger partial charge on any atom is 0.339 e. The zero-order valence-electron chi connectivity index (χ0n) is 13.6. The smallest absolute Gasteiger partial charge is 0.339 e. The van der Waals surface area contributed by atoms with Crippen molar-refractivity contribution in [3.8, 4) is 5.75 Å². The van der Waals surface area contributed by atoms with Crippen LogP contribution >= 0.6 is 0 Å². The number of aryl methyl sites for hydroxylation is 1. The number of nitrogens with one attached hydrogen (secondary N) is 1. The standard InChI is InChI=1S/C18H21NO4/c1-4-5-13-8-15(23-19-13)10-21-14-6-7-16-11(2)12(3)18(20)22-17(16)9-14/h6-9,15,19H,4-5,10H2,1-3H3. The summed E-state index contributed by atoms with van der Waals surface area (Å²) in [7, 11) is 0. The lowest BCUT2D eigenvalue weighted by molar-refractivity contribution is 0.0156. The third-order valence-corrected chi connectivity index (χ3v) is 4.09. The Morgan fingerprint density at radius 1 is 1.26 bits per heavy atom. The van der Waals surface area contributed by atoms with Gasteiger partial charge in [-0.3, -0.25) is 10.3 Å². The molecule has 1 unspecified atom stereocenters. The summed E-state index contributed by atoms with van der Waals surface area (Å²) in [6.45, 7) is 6.22. The molecule has 0 aliphatic carbocycles. The quantitative estimate of drug-likeness (QED) is 0.857. The van der Waals surface area contributed by atoms with Crippen LogP contribution in [0.4, 0.5) is 0 Å². The van der Waals surface area contributed by atoms with E-state index in [0.29, 0.717) is 23.5 Å². The van der Waals surface area contributed by atoms with Crippen LogP contribution in [0.3, 0.4) is 0 Å². The van der Waals surface area contributed by atoms with Crippen molar-refractivity contribution in [2.75, 3.05) is 6.61 Å². The summed E-state index contributed by atoms with van der Waals surface area (Å²) in [6.07, 6.45) is 3.96. The van der Waals surface area contributed by atoms with Gasteiger partial charge >= 0.3 is 5.63 Å². The van der Waals surface area contributed by atoms with E-state index in [-0.39, 0.29) is 11.7 Å². The molecule has 1 N–H and O–H groups in total. The summed E-state index contributed by atoms with van der Waals surface area (Å²) in [6, 6.07) is 5.55. The zero-order valence-corrected chi connectivity index (χ0v) is 13.6. The summed E-state index contributed by atoms with van der Waals surface area (Å²) in [5, 5.41) is 0.929. The van der Waals surface area contributed by atoms with Crippen molar-refractivity contribution in [1.82, 2.24) is 5.48 Å². The second-order valence-electron chi connectivity index (χ2n) is 5.81. The molecule has 1 aliphatic rings. The molecule has 0 radical (unpaired) electrons. The lowest BCUT2D eigenvalue weighted by Crippen LogP contribution is -2.19. The third kappa shape index (κ3) is 3.24. The van der Waals surface area contributed by atoms with Gasteiger partial charge in [-0.05, 0) is 44.0 Å². The molecule has 2 aromatic rings. The summed E-state index contributed by atoms with van der Waals surface area (Å²) >= 11 is 0. The van der Waals surface area contributed by atoms with Crippen LogP contribution in [0.25, 0.3) is 11.0 Å². The van der Waals surface area contributed by atoms with Crippen LogP contribution in [-0.4, -0.2) is 12.7 Å². The van der Waals surface area contributed by atoms with E-state index in [1.807, 2.05) is 25.1 Å². The fourth-order valence-electron chi connectivity index (χ4n) is 2.63. The van der Waals surface area contributed by atoms with Gasteiger partial charge in [-0.2, -0.15) is 0 Å². The number of hydrogen-bond donors (Lipinski definition) is 1. The van der Waals surface area contributed by atoms with E-state index >= 15 is 0 Å². The molecular formula is C18H21NO4. The molecule has 0 fully saturated rings. The topological polar surface area (TPSA) is 60.7 Å². The molecular weight excluding hydrogens is 294 g/mol. The molecule has 0 saturated carbocycles. The molecule has 5 heteroatoms. The second kappa shape index (κ2) is 6.46.